The van der Waals surface area contributed by atoms with Crippen LogP contribution >= 0.6 is 0 Å². The zero-order valence-corrected chi connectivity index (χ0v) is 21.0. The van der Waals surface area contributed by atoms with Crippen molar-refractivity contribution in [1.29, 1.82) is 0 Å². The van der Waals surface area contributed by atoms with Gasteiger partial charge < -0.3 is 10.2 Å². The molecule has 37 heavy (non-hydrogen) atoms. The molecule has 1 N–H and O–H groups in total. The molecule has 0 spiro atoms. The van der Waals surface area contributed by atoms with Crippen molar-refractivity contribution in [1.82, 2.24) is 20.0 Å². The third kappa shape index (κ3) is 7.57. The van der Waals surface area contributed by atoms with E-state index in [0.717, 1.165) is 62.4 Å². The molecule has 0 atom stereocenters. The Morgan fingerprint density at radius 3 is 1.89 bits per heavy atom. The van der Waals surface area contributed by atoms with Crippen molar-refractivity contribution < 1.29 is 18.4 Å². The van der Waals surface area contributed by atoms with Crippen LogP contribution in [0.5, 0.6) is 0 Å². The van der Waals surface area contributed by atoms with E-state index >= 15 is 0 Å². The lowest BCUT2D eigenvalue weighted by Gasteiger charge is -2.34. The molecule has 2 aromatic carbocycles. The first-order chi connectivity index (χ1) is 18.0. The van der Waals surface area contributed by atoms with Crippen LogP contribution in [0.25, 0.3) is 5.57 Å². The predicted octanol–water partition coefficient (Wildman–Crippen LogP) is 3.31. The Morgan fingerprint density at radius 1 is 0.811 bits per heavy atom. The fourth-order valence-electron chi connectivity index (χ4n) is 4.94. The summed E-state index contributed by atoms with van der Waals surface area (Å²) in [6.07, 6.45) is 5.78. The Labute approximate surface area is 217 Å². The number of piperazine rings is 1. The minimum Gasteiger partial charge on any atom is -0.357 e. The van der Waals surface area contributed by atoms with Gasteiger partial charge in [-0.2, -0.15) is 0 Å². The first-order valence-corrected chi connectivity index (χ1v) is 12.8. The Morgan fingerprint density at radius 2 is 1.35 bits per heavy atom. The standard InChI is InChI=1S/C29H34F2N4O2/c30-26-7-3-23(4-8-26)29(24-5-9-27(31)10-6-24)25-11-15-35(16-12-25)28(37)2-1-14-33-18-20-34(21-19-33)17-13-32-22-36/h1-10,22H,11-21H2,(H,32,36)/b2-1+. The van der Waals surface area contributed by atoms with Crippen molar-refractivity contribution in [3.05, 3.63) is 89.0 Å². The summed E-state index contributed by atoms with van der Waals surface area (Å²) in [5.74, 6) is -0.580. The van der Waals surface area contributed by atoms with E-state index in [0.29, 0.717) is 32.5 Å². The smallest absolute Gasteiger partial charge is 0.246 e. The topological polar surface area (TPSA) is 55.9 Å². The highest BCUT2D eigenvalue weighted by Gasteiger charge is 2.22. The molecule has 2 aromatic rings. The van der Waals surface area contributed by atoms with Gasteiger partial charge in [0, 0.05) is 65.0 Å². The molecular formula is C29H34F2N4O2. The Hall–Kier alpha value is -3.36. The highest BCUT2D eigenvalue weighted by molar-refractivity contribution is 5.88. The summed E-state index contributed by atoms with van der Waals surface area (Å²) in [7, 11) is 0. The lowest BCUT2D eigenvalue weighted by atomic mass is 9.88. The summed E-state index contributed by atoms with van der Waals surface area (Å²) >= 11 is 0. The zero-order valence-electron chi connectivity index (χ0n) is 21.0. The molecule has 2 aliphatic rings. The van der Waals surface area contributed by atoms with E-state index in [1.165, 1.54) is 29.8 Å². The van der Waals surface area contributed by atoms with Gasteiger partial charge in [-0.25, -0.2) is 8.78 Å². The van der Waals surface area contributed by atoms with Gasteiger partial charge in [0.25, 0.3) is 0 Å². The molecule has 4 rings (SSSR count). The second-order valence-electron chi connectivity index (χ2n) is 9.43. The van der Waals surface area contributed by atoms with Crippen LogP contribution in [-0.4, -0.2) is 85.9 Å². The molecule has 2 aliphatic heterocycles. The van der Waals surface area contributed by atoms with Crippen LogP contribution in [0.1, 0.15) is 24.0 Å². The molecule has 8 heteroatoms. The van der Waals surface area contributed by atoms with Crippen molar-refractivity contribution in [2.45, 2.75) is 12.8 Å². The second kappa shape index (κ2) is 13.3. The van der Waals surface area contributed by atoms with Gasteiger partial charge in [0.2, 0.25) is 12.3 Å². The van der Waals surface area contributed by atoms with E-state index in [4.69, 9.17) is 0 Å². The maximum Gasteiger partial charge on any atom is 0.246 e. The van der Waals surface area contributed by atoms with E-state index in [2.05, 4.69) is 15.1 Å². The number of rotatable bonds is 9. The predicted molar refractivity (Wildman–Crippen MR) is 141 cm³/mol. The van der Waals surface area contributed by atoms with Gasteiger partial charge in [-0.3, -0.25) is 19.4 Å². The van der Waals surface area contributed by atoms with Crippen LogP contribution < -0.4 is 5.32 Å². The van der Waals surface area contributed by atoms with Crippen molar-refractivity contribution in [2.24, 2.45) is 0 Å². The number of benzene rings is 2. The van der Waals surface area contributed by atoms with E-state index in [1.54, 1.807) is 30.3 Å². The number of likely N-dealkylation sites (tertiary alicyclic amines) is 1. The molecule has 0 bridgehead atoms. The molecular weight excluding hydrogens is 474 g/mol. The number of nitrogens with zero attached hydrogens (tertiary/aromatic N) is 3. The molecule has 0 radical (unpaired) electrons. The maximum absolute atomic E-state index is 13.5. The van der Waals surface area contributed by atoms with Gasteiger partial charge in [-0.1, -0.05) is 35.9 Å². The zero-order chi connectivity index (χ0) is 26.0. The largest absolute Gasteiger partial charge is 0.357 e. The fourth-order valence-corrected chi connectivity index (χ4v) is 4.94. The van der Waals surface area contributed by atoms with E-state index < -0.39 is 0 Å². The Kier molecular flexibility index (Phi) is 9.57. The normalized spacial score (nSPS) is 17.2. The number of amides is 2. The second-order valence-corrected chi connectivity index (χ2v) is 9.43. The quantitative estimate of drug-likeness (QED) is 0.321. The molecule has 0 aliphatic carbocycles. The van der Waals surface area contributed by atoms with Crippen molar-refractivity contribution in [2.75, 3.05) is 58.9 Å². The molecule has 2 amide bonds. The number of nitrogens with one attached hydrogen (secondary N) is 1. The van der Waals surface area contributed by atoms with E-state index in [9.17, 15) is 18.4 Å². The number of carbonyl (C=O) groups excluding carboxylic acids is 2. The maximum atomic E-state index is 13.5. The Balaban J connectivity index is 1.32. The van der Waals surface area contributed by atoms with Gasteiger partial charge in [-0.05, 0) is 53.8 Å². The summed E-state index contributed by atoms with van der Waals surface area (Å²) < 4.78 is 27.1. The number of hydrogen-bond acceptors (Lipinski definition) is 4. The lowest BCUT2D eigenvalue weighted by molar-refractivity contribution is -0.126. The summed E-state index contributed by atoms with van der Waals surface area (Å²) in [5.41, 5.74) is 3.96. The highest BCUT2D eigenvalue weighted by Crippen LogP contribution is 2.32. The van der Waals surface area contributed by atoms with Gasteiger partial charge in [0.1, 0.15) is 11.6 Å². The summed E-state index contributed by atoms with van der Waals surface area (Å²) in [6.45, 7) is 7.26. The number of carbonyl (C=O) groups is 2. The van der Waals surface area contributed by atoms with Gasteiger partial charge in [-0.15, -0.1) is 0 Å². The molecule has 2 saturated heterocycles. The monoisotopic (exact) mass is 508 g/mol. The van der Waals surface area contributed by atoms with Crippen LogP contribution in [0.2, 0.25) is 0 Å². The van der Waals surface area contributed by atoms with E-state index in [-0.39, 0.29) is 17.5 Å². The van der Waals surface area contributed by atoms with E-state index in [1.807, 2.05) is 11.0 Å². The first-order valence-electron chi connectivity index (χ1n) is 12.8. The molecule has 196 valence electrons. The minimum absolute atomic E-state index is 0.0164. The molecule has 2 fully saturated rings. The third-order valence-electron chi connectivity index (χ3n) is 7.04. The highest BCUT2D eigenvalue weighted by atomic mass is 19.1. The van der Waals surface area contributed by atoms with Crippen LogP contribution in [0.3, 0.4) is 0 Å². The van der Waals surface area contributed by atoms with Gasteiger partial charge >= 0.3 is 0 Å². The van der Waals surface area contributed by atoms with Crippen LogP contribution in [0, 0.1) is 11.6 Å². The lowest BCUT2D eigenvalue weighted by Crippen LogP contribution is -2.48. The summed E-state index contributed by atoms with van der Waals surface area (Å²) in [5, 5.41) is 2.69. The first kappa shape index (κ1) is 26.7. The van der Waals surface area contributed by atoms with Crippen molar-refractivity contribution in [3.63, 3.8) is 0 Å². The average molecular weight is 509 g/mol. The van der Waals surface area contributed by atoms with Crippen molar-refractivity contribution in [3.8, 4) is 0 Å². The number of halogens is 2. The Bertz CT molecular complexity index is 1050. The summed E-state index contributed by atoms with van der Waals surface area (Å²) in [4.78, 5) is 29.7. The van der Waals surface area contributed by atoms with Gasteiger partial charge in [0.05, 0.1) is 0 Å². The summed E-state index contributed by atoms with van der Waals surface area (Å²) in [6, 6.07) is 12.8. The fraction of sp³-hybridized carbons (Fsp3) is 0.379. The van der Waals surface area contributed by atoms with Gasteiger partial charge in [0.15, 0.2) is 0 Å². The van der Waals surface area contributed by atoms with Crippen molar-refractivity contribution >= 4 is 17.9 Å². The number of hydrogen-bond donors (Lipinski definition) is 1. The minimum atomic E-state index is -0.298. The van der Waals surface area contributed by atoms with Crippen LogP contribution in [-0.2, 0) is 9.59 Å². The molecule has 6 nitrogen and oxygen atoms in total. The molecule has 2 heterocycles. The molecule has 0 saturated carbocycles. The average Bonchev–Trinajstić information content (AvgIpc) is 2.92. The molecule has 0 unspecified atom stereocenters. The third-order valence-corrected chi connectivity index (χ3v) is 7.04. The van der Waals surface area contributed by atoms with Crippen LogP contribution in [0.4, 0.5) is 8.78 Å². The molecule has 0 aromatic heterocycles. The SMILES string of the molecule is O=CNCCN1CCN(C/C=C/C(=O)N2CCC(=C(c3ccc(F)cc3)c3ccc(F)cc3)CC2)CC1. The van der Waals surface area contributed by atoms with Crippen LogP contribution in [0.15, 0.2) is 66.3 Å². The number of piperidine rings is 1.